The zero-order chi connectivity index (χ0) is 16.7. The summed E-state index contributed by atoms with van der Waals surface area (Å²) in [6.45, 7) is 2.58. The average Bonchev–Trinajstić information content (AvgIpc) is 2.99. The maximum Gasteiger partial charge on any atom is 0.271 e. The van der Waals surface area contributed by atoms with Crippen LogP contribution < -0.4 is 10.6 Å². The lowest BCUT2D eigenvalue weighted by atomic mass is 10.3. The summed E-state index contributed by atoms with van der Waals surface area (Å²) >= 11 is 0. The fourth-order valence-electron chi connectivity index (χ4n) is 1.94. The smallest absolute Gasteiger partial charge is 0.271 e. The van der Waals surface area contributed by atoms with Crippen molar-refractivity contribution in [2.45, 2.75) is 13.3 Å². The van der Waals surface area contributed by atoms with Crippen LogP contribution in [0.3, 0.4) is 0 Å². The predicted molar refractivity (Wildman–Crippen MR) is 86.7 cm³/mol. The summed E-state index contributed by atoms with van der Waals surface area (Å²) < 4.78 is 6.44. The van der Waals surface area contributed by atoms with E-state index in [-0.39, 0.29) is 17.5 Å². The predicted octanol–water partition coefficient (Wildman–Crippen LogP) is 1.60. The van der Waals surface area contributed by atoms with Crippen molar-refractivity contribution in [2.24, 2.45) is 0 Å². The zero-order valence-electron chi connectivity index (χ0n) is 13.2. The first-order chi connectivity index (χ1) is 11.2. The fourth-order valence-corrected chi connectivity index (χ4v) is 1.94. The second kappa shape index (κ2) is 8.09. The van der Waals surface area contributed by atoms with Crippen molar-refractivity contribution in [3.8, 4) is 5.69 Å². The Balaban J connectivity index is 2.28. The van der Waals surface area contributed by atoms with Gasteiger partial charge >= 0.3 is 0 Å². The van der Waals surface area contributed by atoms with E-state index >= 15 is 0 Å². The first-order valence-electron chi connectivity index (χ1n) is 7.38. The van der Waals surface area contributed by atoms with Crippen LogP contribution in [0, 0.1) is 0 Å². The van der Waals surface area contributed by atoms with Gasteiger partial charge in [0.1, 0.15) is 5.82 Å². The first-order valence-corrected chi connectivity index (χ1v) is 7.38. The van der Waals surface area contributed by atoms with Crippen LogP contribution in [0.25, 0.3) is 5.69 Å². The molecule has 0 atom stereocenters. The van der Waals surface area contributed by atoms with Crippen LogP contribution >= 0.6 is 0 Å². The number of amides is 2. The second-order valence-corrected chi connectivity index (χ2v) is 4.81. The standard InChI is InChI=1S/C16H20N4O3/c1-3-15(21)18-14-11-13(16(22)17-9-10-23-2)19-20(14)12-7-5-4-6-8-12/h4-8,11H,3,9-10H2,1-2H3,(H,17,22)(H,18,21). The minimum Gasteiger partial charge on any atom is -0.383 e. The van der Waals surface area contributed by atoms with Gasteiger partial charge in [-0.3, -0.25) is 9.59 Å². The van der Waals surface area contributed by atoms with Crippen LogP contribution in [-0.2, 0) is 9.53 Å². The molecule has 122 valence electrons. The molecule has 0 spiro atoms. The molecule has 0 aliphatic carbocycles. The quantitative estimate of drug-likeness (QED) is 0.760. The highest BCUT2D eigenvalue weighted by Gasteiger charge is 2.16. The van der Waals surface area contributed by atoms with Gasteiger partial charge in [-0.05, 0) is 12.1 Å². The van der Waals surface area contributed by atoms with Crippen molar-refractivity contribution in [3.63, 3.8) is 0 Å². The third-order valence-electron chi connectivity index (χ3n) is 3.12. The van der Waals surface area contributed by atoms with E-state index in [1.54, 1.807) is 24.8 Å². The lowest BCUT2D eigenvalue weighted by molar-refractivity contribution is -0.115. The minimum atomic E-state index is -0.316. The maximum absolute atomic E-state index is 12.1. The number of anilines is 1. The Morgan fingerprint density at radius 1 is 1.26 bits per heavy atom. The van der Waals surface area contributed by atoms with E-state index < -0.39 is 0 Å². The Labute approximate surface area is 134 Å². The van der Waals surface area contributed by atoms with Crippen LogP contribution in [0.15, 0.2) is 36.4 Å². The van der Waals surface area contributed by atoms with Gasteiger partial charge in [-0.1, -0.05) is 25.1 Å². The Hall–Kier alpha value is -2.67. The molecule has 2 rings (SSSR count). The molecule has 1 aromatic carbocycles. The van der Waals surface area contributed by atoms with Crippen molar-refractivity contribution < 1.29 is 14.3 Å². The number of hydrogen-bond donors (Lipinski definition) is 2. The number of aromatic nitrogens is 2. The summed E-state index contributed by atoms with van der Waals surface area (Å²) in [6.07, 6.45) is 0.343. The summed E-state index contributed by atoms with van der Waals surface area (Å²) in [5, 5.41) is 9.76. The molecule has 7 nitrogen and oxygen atoms in total. The van der Waals surface area contributed by atoms with E-state index in [0.717, 1.165) is 5.69 Å². The van der Waals surface area contributed by atoms with Gasteiger partial charge in [0.2, 0.25) is 5.91 Å². The van der Waals surface area contributed by atoms with Crippen LogP contribution in [-0.4, -0.2) is 41.9 Å². The van der Waals surface area contributed by atoms with E-state index in [1.165, 1.54) is 0 Å². The number of ether oxygens (including phenoxy) is 1. The lowest BCUT2D eigenvalue weighted by Crippen LogP contribution is -2.27. The molecular weight excluding hydrogens is 296 g/mol. The molecule has 0 fully saturated rings. The molecule has 23 heavy (non-hydrogen) atoms. The number of carbonyl (C=O) groups is 2. The van der Waals surface area contributed by atoms with Gasteiger partial charge in [-0.2, -0.15) is 5.10 Å². The maximum atomic E-state index is 12.1. The van der Waals surface area contributed by atoms with Crippen molar-refractivity contribution in [2.75, 3.05) is 25.6 Å². The molecule has 0 radical (unpaired) electrons. The lowest BCUT2D eigenvalue weighted by Gasteiger charge is -2.07. The molecule has 0 aliphatic rings. The Morgan fingerprint density at radius 3 is 2.65 bits per heavy atom. The van der Waals surface area contributed by atoms with Crippen LogP contribution in [0.4, 0.5) is 5.82 Å². The molecule has 0 saturated heterocycles. The molecule has 2 amide bonds. The number of carbonyl (C=O) groups excluding carboxylic acids is 2. The molecule has 1 heterocycles. The Morgan fingerprint density at radius 2 is 2.00 bits per heavy atom. The zero-order valence-corrected chi connectivity index (χ0v) is 13.2. The highest BCUT2D eigenvalue weighted by molar-refractivity contribution is 5.95. The minimum absolute atomic E-state index is 0.145. The van der Waals surface area contributed by atoms with Crippen LogP contribution in [0.1, 0.15) is 23.8 Å². The van der Waals surface area contributed by atoms with Crippen LogP contribution in [0.5, 0.6) is 0 Å². The van der Waals surface area contributed by atoms with E-state index in [2.05, 4.69) is 15.7 Å². The number of methoxy groups -OCH3 is 1. The van der Waals surface area contributed by atoms with Gasteiger partial charge in [0, 0.05) is 26.1 Å². The summed E-state index contributed by atoms with van der Waals surface area (Å²) in [6, 6.07) is 10.9. The SMILES string of the molecule is CCC(=O)Nc1cc(C(=O)NCCOC)nn1-c1ccccc1. The largest absolute Gasteiger partial charge is 0.383 e. The molecule has 7 heteroatoms. The average molecular weight is 316 g/mol. The summed E-state index contributed by atoms with van der Waals surface area (Å²) in [7, 11) is 1.56. The fraction of sp³-hybridized carbons (Fsp3) is 0.312. The molecule has 0 bridgehead atoms. The van der Waals surface area contributed by atoms with Gasteiger partial charge < -0.3 is 15.4 Å². The number of benzene rings is 1. The highest BCUT2D eigenvalue weighted by Crippen LogP contribution is 2.17. The van der Waals surface area contributed by atoms with E-state index in [0.29, 0.717) is 25.4 Å². The highest BCUT2D eigenvalue weighted by atomic mass is 16.5. The molecule has 0 saturated carbocycles. The second-order valence-electron chi connectivity index (χ2n) is 4.81. The van der Waals surface area contributed by atoms with Gasteiger partial charge in [0.15, 0.2) is 5.69 Å². The Bertz CT molecular complexity index is 667. The summed E-state index contributed by atoms with van der Waals surface area (Å²) in [5.41, 5.74) is 0.992. The number of rotatable bonds is 7. The third-order valence-corrected chi connectivity index (χ3v) is 3.12. The Kier molecular flexibility index (Phi) is 5.87. The number of para-hydroxylation sites is 1. The van der Waals surface area contributed by atoms with Gasteiger partial charge in [-0.15, -0.1) is 0 Å². The van der Waals surface area contributed by atoms with Crippen molar-refractivity contribution in [3.05, 3.63) is 42.1 Å². The number of hydrogen-bond acceptors (Lipinski definition) is 4. The molecule has 2 aromatic rings. The van der Waals surface area contributed by atoms with Crippen molar-refractivity contribution in [1.82, 2.24) is 15.1 Å². The molecule has 2 N–H and O–H groups in total. The topological polar surface area (TPSA) is 85.2 Å². The van der Waals surface area contributed by atoms with Gasteiger partial charge in [0.25, 0.3) is 5.91 Å². The van der Waals surface area contributed by atoms with E-state index in [1.807, 2.05) is 30.3 Å². The van der Waals surface area contributed by atoms with Gasteiger partial charge in [0.05, 0.1) is 12.3 Å². The first kappa shape index (κ1) is 16.7. The van der Waals surface area contributed by atoms with E-state index in [9.17, 15) is 9.59 Å². The summed E-state index contributed by atoms with van der Waals surface area (Å²) in [5.74, 6) is -0.00269. The summed E-state index contributed by atoms with van der Waals surface area (Å²) in [4.78, 5) is 23.8. The molecule has 0 unspecified atom stereocenters. The van der Waals surface area contributed by atoms with Crippen molar-refractivity contribution >= 4 is 17.6 Å². The monoisotopic (exact) mass is 316 g/mol. The van der Waals surface area contributed by atoms with E-state index in [4.69, 9.17) is 4.74 Å². The van der Waals surface area contributed by atoms with Gasteiger partial charge in [-0.25, -0.2) is 4.68 Å². The molecule has 1 aromatic heterocycles. The number of nitrogens with one attached hydrogen (secondary N) is 2. The number of nitrogens with zero attached hydrogens (tertiary/aromatic N) is 2. The van der Waals surface area contributed by atoms with Crippen molar-refractivity contribution in [1.29, 1.82) is 0 Å². The molecular formula is C16H20N4O3. The third kappa shape index (κ3) is 4.40. The normalized spacial score (nSPS) is 10.3. The molecule has 0 aliphatic heterocycles. The van der Waals surface area contributed by atoms with Crippen LogP contribution in [0.2, 0.25) is 0 Å².